The average molecular weight is 367 g/mol. The van der Waals surface area contributed by atoms with Crippen molar-refractivity contribution in [3.8, 4) is 0 Å². The molecule has 144 valence electrons. The lowest BCUT2D eigenvalue weighted by Crippen LogP contribution is -2.34. The monoisotopic (exact) mass is 366 g/mol. The second kappa shape index (κ2) is 8.26. The van der Waals surface area contributed by atoms with Gasteiger partial charge < -0.3 is 5.32 Å². The maximum absolute atomic E-state index is 12.1. The van der Waals surface area contributed by atoms with Crippen molar-refractivity contribution in [1.82, 2.24) is 20.0 Å². The number of aryl methyl sites for hydroxylation is 1. The van der Waals surface area contributed by atoms with Crippen molar-refractivity contribution in [1.29, 1.82) is 0 Å². The lowest BCUT2D eigenvalue weighted by Gasteiger charge is -2.24. The van der Waals surface area contributed by atoms with Gasteiger partial charge in [0, 0.05) is 32.1 Å². The van der Waals surface area contributed by atoms with Crippen LogP contribution in [-0.4, -0.2) is 33.7 Å². The van der Waals surface area contributed by atoms with Gasteiger partial charge in [-0.15, -0.1) is 0 Å². The summed E-state index contributed by atoms with van der Waals surface area (Å²) in [6.07, 6.45) is 4.39. The van der Waals surface area contributed by atoms with Crippen molar-refractivity contribution in [2.45, 2.75) is 58.2 Å². The van der Waals surface area contributed by atoms with E-state index >= 15 is 0 Å². The van der Waals surface area contributed by atoms with Crippen molar-refractivity contribution < 1.29 is 4.79 Å². The molecule has 0 saturated heterocycles. The molecule has 0 bridgehead atoms. The van der Waals surface area contributed by atoms with Crippen LogP contribution in [0, 0.1) is 5.92 Å². The Kier molecular flexibility index (Phi) is 5.58. The number of hydrogen-bond donors (Lipinski definition) is 1. The van der Waals surface area contributed by atoms with Crippen molar-refractivity contribution in [3.05, 3.63) is 53.3 Å². The fourth-order valence-electron chi connectivity index (χ4n) is 4.10. The van der Waals surface area contributed by atoms with E-state index in [-0.39, 0.29) is 11.8 Å². The van der Waals surface area contributed by atoms with Crippen LogP contribution in [-0.2, 0) is 24.4 Å². The molecule has 5 heteroatoms. The zero-order chi connectivity index (χ0) is 18.6. The molecule has 2 heterocycles. The maximum Gasteiger partial charge on any atom is 0.223 e. The lowest BCUT2D eigenvalue weighted by atomic mass is 9.85. The minimum atomic E-state index is 0.197. The number of rotatable bonds is 6. The van der Waals surface area contributed by atoms with Crippen LogP contribution in [0.5, 0.6) is 0 Å². The molecule has 5 nitrogen and oxygen atoms in total. The molecule has 4 rings (SSSR count). The Morgan fingerprint density at radius 1 is 1.22 bits per heavy atom. The zero-order valence-electron chi connectivity index (χ0n) is 16.2. The fourth-order valence-corrected chi connectivity index (χ4v) is 4.10. The van der Waals surface area contributed by atoms with E-state index in [4.69, 9.17) is 5.10 Å². The van der Waals surface area contributed by atoms with Crippen LogP contribution in [0.15, 0.2) is 36.4 Å². The standard InChI is InChI=1S/C22H30N4O/c1-17(18-7-3-2-4-8-18)15-25-11-6-12-26-21(16-25)13-20(24-26)14-23-22(27)19-9-5-10-19/h2-4,7-8,13,17,19H,5-6,9-12,14-16H2,1H3,(H,23,27). The van der Waals surface area contributed by atoms with E-state index in [9.17, 15) is 4.79 Å². The number of amides is 1. The molecule has 0 radical (unpaired) electrons. The van der Waals surface area contributed by atoms with Gasteiger partial charge in [-0.25, -0.2) is 0 Å². The van der Waals surface area contributed by atoms with Crippen molar-refractivity contribution >= 4 is 5.91 Å². The molecule has 1 unspecified atom stereocenters. The molecule has 1 aromatic heterocycles. The van der Waals surface area contributed by atoms with Crippen LogP contribution in [0.2, 0.25) is 0 Å². The molecular formula is C22H30N4O. The minimum absolute atomic E-state index is 0.197. The summed E-state index contributed by atoms with van der Waals surface area (Å²) in [4.78, 5) is 14.6. The summed E-state index contributed by atoms with van der Waals surface area (Å²) < 4.78 is 2.14. The third-order valence-electron chi connectivity index (χ3n) is 5.96. The fraction of sp³-hybridized carbons (Fsp3) is 0.545. The first kappa shape index (κ1) is 18.2. The normalized spacial score (nSPS) is 19.0. The Morgan fingerprint density at radius 2 is 2.04 bits per heavy atom. The maximum atomic E-state index is 12.1. The molecule has 1 fully saturated rings. The van der Waals surface area contributed by atoms with Crippen LogP contribution in [0.25, 0.3) is 0 Å². The molecule has 1 amide bonds. The molecule has 2 aromatic rings. The summed E-state index contributed by atoms with van der Waals surface area (Å²) in [6.45, 7) is 6.91. The summed E-state index contributed by atoms with van der Waals surface area (Å²) >= 11 is 0. The third kappa shape index (κ3) is 4.41. The first-order valence-corrected chi connectivity index (χ1v) is 10.3. The predicted octanol–water partition coefficient (Wildman–Crippen LogP) is 3.31. The van der Waals surface area contributed by atoms with E-state index in [0.29, 0.717) is 12.5 Å². The predicted molar refractivity (Wildman–Crippen MR) is 106 cm³/mol. The molecule has 27 heavy (non-hydrogen) atoms. The smallest absolute Gasteiger partial charge is 0.223 e. The quantitative estimate of drug-likeness (QED) is 0.853. The van der Waals surface area contributed by atoms with Crippen LogP contribution < -0.4 is 5.32 Å². The van der Waals surface area contributed by atoms with Gasteiger partial charge in [0.2, 0.25) is 5.91 Å². The number of fused-ring (bicyclic) bond motifs is 1. The van der Waals surface area contributed by atoms with Crippen molar-refractivity contribution in [2.75, 3.05) is 13.1 Å². The van der Waals surface area contributed by atoms with Gasteiger partial charge in [0.05, 0.1) is 17.9 Å². The Labute approximate surface area is 161 Å². The Morgan fingerprint density at radius 3 is 2.78 bits per heavy atom. The number of carbonyl (C=O) groups excluding carboxylic acids is 1. The molecule has 1 aliphatic carbocycles. The summed E-state index contributed by atoms with van der Waals surface area (Å²) in [5.41, 5.74) is 3.64. The summed E-state index contributed by atoms with van der Waals surface area (Å²) in [5.74, 6) is 0.949. The molecule has 1 N–H and O–H groups in total. The van der Waals surface area contributed by atoms with Crippen molar-refractivity contribution in [3.63, 3.8) is 0 Å². The van der Waals surface area contributed by atoms with Gasteiger partial charge in [-0.3, -0.25) is 14.4 Å². The summed E-state index contributed by atoms with van der Waals surface area (Å²) in [7, 11) is 0. The number of nitrogens with zero attached hydrogens (tertiary/aromatic N) is 3. The highest BCUT2D eigenvalue weighted by molar-refractivity contribution is 5.79. The number of nitrogens with one attached hydrogen (secondary N) is 1. The van der Waals surface area contributed by atoms with Crippen LogP contribution in [0.1, 0.15) is 55.5 Å². The largest absolute Gasteiger partial charge is 0.350 e. The SMILES string of the molecule is CC(CN1CCCn2nc(CNC(=O)C3CCC3)cc2C1)c1ccccc1. The third-order valence-corrected chi connectivity index (χ3v) is 5.96. The summed E-state index contributed by atoms with van der Waals surface area (Å²) in [6, 6.07) is 12.9. The zero-order valence-corrected chi connectivity index (χ0v) is 16.2. The molecule has 1 aliphatic heterocycles. The highest BCUT2D eigenvalue weighted by Crippen LogP contribution is 2.26. The second-order valence-corrected chi connectivity index (χ2v) is 8.10. The Balaban J connectivity index is 1.35. The molecule has 1 saturated carbocycles. The van der Waals surface area contributed by atoms with Gasteiger partial charge >= 0.3 is 0 Å². The molecule has 0 spiro atoms. The topological polar surface area (TPSA) is 50.2 Å². The van der Waals surface area contributed by atoms with Gasteiger partial charge in [0.15, 0.2) is 0 Å². The first-order chi connectivity index (χ1) is 13.2. The van der Waals surface area contributed by atoms with E-state index in [1.165, 1.54) is 17.7 Å². The molecular weight excluding hydrogens is 336 g/mol. The van der Waals surface area contributed by atoms with Gasteiger partial charge in [-0.1, -0.05) is 43.7 Å². The molecule has 1 aromatic carbocycles. The van der Waals surface area contributed by atoms with E-state index in [1.807, 2.05) is 0 Å². The van der Waals surface area contributed by atoms with Crippen molar-refractivity contribution in [2.24, 2.45) is 5.92 Å². The lowest BCUT2D eigenvalue weighted by molar-refractivity contribution is -0.127. The highest BCUT2D eigenvalue weighted by Gasteiger charge is 2.25. The number of benzene rings is 1. The van der Waals surface area contributed by atoms with Crippen LogP contribution >= 0.6 is 0 Å². The molecule has 2 aliphatic rings. The first-order valence-electron chi connectivity index (χ1n) is 10.3. The van der Waals surface area contributed by atoms with Gasteiger partial charge in [0.25, 0.3) is 0 Å². The number of carbonyl (C=O) groups is 1. The Bertz CT molecular complexity index is 766. The number of aromatic nitrogens is 2. The average Bonchev–Trinajstić information content (AvgIpc) is 2.91. The van der Waals surface area contributed by atoms with Crippen LogP contribution in [0.3, 0.4) is 0 Å². The van der Waals surface area contributed by atoms with E-state index in [0.717, 1.165) is 51.1 Å². The van der Waals surface area contributed by atoms with E-state index in [2.05, 4.69) is 58.2 Å². The summed E-state index contributed by atoms with van der Waals surface area (Å²) in [5, 5.41) is 7.80. The van der Waals surface area contributed by atoms with Gasteiger partial charge in [-0.05, 0) is 36.8 Å². The second-order valence-electron chi connectivity index (χ2n) is 8.10. The van der Waals surface area contributed by atoms with E-state index < -0.39 is 0 Å². The highest BCUT2D eigenvalue weighted by atomic mass is 16.1. The van der Waals surface area contributed by atoms with Gasteiger partial charge in [0.1, 0.15) is 0 Å². The van der Waals surface area contributed by atoms with E-state index in [1.54, 1.807) is 0 Å². The van der Waals surface area contributed by atoms with Gasteiger partial charge in [-0.2, -0.15) is 5.10 Å². The molecule has 1 atom stereocenters. The van der Waals surface area contributed by atoms with Crippen LogP contribution in [0.4, 0.5) is 0 Å². The Hall–Kier alpha value is -2.14. The minimum Gasteiger partial charge on any atom is -0.350 e. The number of hydrogen-bond acceptors (Lipinski definition) is 3.